The van der Waals surface area contributed by atoms with Crippen LogP contribution < -0.4 is 0 Å². The first kappa shape index (κ1) is 20.3. The summed E-state index contributed by atoms with van der Waals surface area (Å²) in [6.45, 7) is 13.1. The van der Waals surface area contributed by atoms with E-state index in [-0.39, 0.29) is 11.5 Å². The summed E-state index contributed by atoms with van der Waals surface area (Å²) in [5.74, 6) is 0.935. The number of nitrogens with zero attached hydrogens (tertiary/aromatic N) is 3. The molecule has 0 bridgehead atoms. The van der Waals surface area contributed by atoms with Gasteiger partial charge >= 0.3 is 0 Å². The van der Waals surface area contributed by atoms with Crippen molar-refractivity contribution in [1.82, 2.24) is 14.7 Å². The molecule has 0 N–H and O–H groups in total. The Morgan fingerprint density at radius 3 is 2.61 bits per heavy atom. The molecule has 3 saturated heterocycles. The molecule has 1 atom stereocenters. The maximum Gasteiger partial charge on any atom is 0.254 e. The van der Waals surface area contributed by atoms with Crippen LogP contribution in [0.5, 0.6) is 0 Å². The lowest BCUT2D eigenvalue weighted by molar-refractivity contribution is -0.132. The van der Waals surface area contributed by atoms with Gasteiger partial charge in [0.05, 0.1) is 11.2 Å². The second-order valence-corrected chi connectivity index (χ2v) is 9.99. The van der Waals surface area contributed by atoms with Gasteiger partial charge in [0.1, 0.15) is 0 Å². The van der Waals surface area contributed by atoms with Crippen LogP contribution in [0.3, 0.4) is 0 Å². The van der Waals surface area contributed by atoms with Crippen molar-refractivity contribution in [2.24, 2.45) is 5.92 Å². The predicted octanol–water partition coefficient (Wildman–Crippen LogP) is 3.18. The highest BCUT2D eigenvalue weighted by atomic mass is 32.1. The van der Waals surface area contributed by atoms with Crippen molar-refractivity contribution in [2.45, 2.75) is 51.2 Å². The molecule has 0 aromatic carbocycles. The second kappa shape index (κ2) is 8.82. The molecule has 1 amide bonds. The normalized spacial score (nSPS) is 26.8. The lowest BCUT2D eigenvalue weighted by Crippen LogP contribution is -2.57. The molecule has 1 spiro atoms. The van der Waals surface area contributed by atoms with Crippen LogP contribution in [0, 0.1) is 5.92 Å². The molecule has 4 heterocycles. The Bertz CT molecular complexity index is 632. The first-order valence-electron chi connectivity index (χ1n) is 11.0. The van der Waals surface area contributed by atoms with Gasteiger partial charge in [-0.1, -0.05) is 13.8 Å². The van der Waals surface area contributed by atoms with Crippen LogP contribution in [0.25, 0.3) is 0 Å². The van der Waals surface area contributed by atoms with Crippen LogP contribution in [0.2, 0.25) is 0 Å². The quantitative estimate of drug-likeness (QED) is 0.771. The Balaban J connectivity index is 1.29. The van der Waals surface area contributed by atoms with Crippen molar-refractivity contribution in [1.29, 1.82) is 0 Å². The van der Waals surface area contributed by atoms with E-state index in [1.165, 1.54) is 32.7 Å². The van der Waals surface area contributed by atoms with Gasteiger partial charge in [-0.3, -0.25) is 9.69 Å². The van der Waals surface area contributed by atoms with Gasteiger partial charge in [0.2, 0.25) is 0 Å². The number of hydrogen-bond acceptors (Lipinski definition) is 5. The van der Waals surface area contributed by atoms with E-state index in [1.54, 1.807) is 11.3 Å². The number of carbonyl (C=O) groups is 1. The highest BCUT2D eigenvalue weighted by Gasteiger charge is 2.43. The van der Waals surface area contributed by atoms with Gasteiger partial charge in [-0.15, -0.1) is 0 Å². The van der Waals surface area contributed by atoms with E-state index < -0.39 is 0 Å². The number of thiophene rings is 1. The number of piperidine rings is 1. The largest absolute Gasteiger partial charge is 0.375 e. The van der Waals surface area contributed by atoms with E-state index in [4.69, 9.17) is 4.74 Å². The maximum atomic E-state index is 12.6. The summed E-state index contributed by atoms with van der Waals surface area (Å²) in [6.07, 6.45) is 4.25. The highest BCUT2D eigenvalue weighted by molar-refractivity contribution is 7.08. The zero-order valence-corrected chi connectivity index (χ0v) is 18.3. The fraction of sp³-hybridized carbons (Fsp3) is 0.773. The molecule has 6 heteroatoms. The third-order valence-electron chi connectivity index (χ3n) is 6.74. The van der Waals surface area contributed by atoms with Crippen LogP contribution in [0.15, 0.2) is 16.8 Å². The topological polar surface area (TPSA) is 36.0 Å². The Hall–Kier alpha value is -0.950. The van der Waals surface area contributed by atoms with Crippen molar-refractivity contribution in [3.8, 4) is 0 Å². The van der Waals surface area contributed by atoms with Gasteiger partial charge < -0.3 is 14.5 Å². The predicted molar refractivity (Wildman–Crippen MR) is 114 cm³/mol. The maximum absolute atomic E-state index is 12.6. The average Bonchev–Trinajstić information content (AvgIpc) is 3.23. The first-order chi connectivity index (χ1) is 13.5. The summed E-state index contributed by atoms with van der Waals surface area (Å²) in [6, 6.07) is 2.58. The van der Waals surface area contributed by atoms with Gasteiger partial charge in [0, 0.05) is 63.8 Å². The van der Waals surface area contributed by atoms with Crippen molar-refractivity contribution >= 4 is 17.2 Å². The number of piperazine rings is 1. The van der Waals surface area contributed by atoms with Gasteiger partial charge in [-0.2, -0.15) is 11.3 Å². The van der Waals surface area contributed by atoms with Crippen molar-refractivity contribution in [3.63, 3.8) is 0 Å². The lowest BCUT2D eigenvalue weighted by atomic mass is 9.81. The van der Waals surface area contributed by atoms with E-state index in [9.17, 15) is 4.79 Å². The summed E-state index contributed by atoms with van der Waals surface area (Å²) in [5.41, 5.74) is 0.825. The molecular weight excluding hydrogens is 370 g/mol. The Labute approximate surface area is 173 Å². The monoisotopic (exact) mass is 405 g/mol. The van der Waals surface area contributed by atoms with E-state index in [0.717, 1.165) is 56.9 Å². The second-order valence-electron chi connectivity index (χ2n) is 9.21. The van der Waals surface area contributed by atoms with Gasteiger partial charge in [0.25, 0.3) is 5.91 Å². The third-order valence-corrected chi connectivity index (χ3v) is 7.43. The summed E-state index contributed by atoms with van der Waals surface area (Å²) in [5, 5.41) is 3.94. The van der Waals surface area contributed by atoms with Crippen LogP contribution in [-0.2, 0) is 4.74 Å². The minimum absolute atomic E-state index is 0.0105. The third kappa shape index (κ3) is 4.61. The first-order valence-corrected chi connectivity index (χ1v) is 11.9. The number of hydrogen-bond donors (Lipinski definition) is 0. The van der Waals surface area contributed by atoms with E-state index in [1.807, 2.05) is 21.7 Å². The fourth-order valence-corrected chi connectivity index (χ4v) is 5.81. The average molecular weight is 406 g/mol. The molecule has 1 aromatic rings. The molecule has 156 valence electrons. The minimum Gasteiger partial charge on any atom is -0.375 e. The molecule has 0 unspecified atom stereocenters. The number of rotatable bonds is 4. The van der Waals surface area contributed by atoms with Crippen molar-refractivity contribution in [3.05, 3.63) is 22.4 Å². The summed E-state index contributed by atoms with van der Waals surface area (Å²) < 4.78 is 6.35. The molecule has 3 aliphatic rings. The molecule has 1 aromatic heterocycles. The summed E-state index contributed by atoms with van der Waals surface area (Å²) >= 11 is 1.59. The fourth-order valence-electron chi connectivity index (χ4n) is 5.18. The van der Waals surface area contributed by atoms with E-state index >= 15 is 0 Å². The number of ether oxygens (including phenoxy) is 1. The molecule has 0 radical (unpaired) electrons. The molecule has 28 heavy (non-hydrogen) atoms. The molecular formula is C22H35N3O2S. The Morgan fingerprint density at radius 1 is 1.21 bits per heavy atom. The Kier molecular flexibility index (Phi) is 6.40. The van der Waals surface area contributed by atoms with Crippen LogP contribution in [-0.4, -0.2) is 84.7 Å². The zero-order chi connectivity index (χ0) is 19.6. The molecule has 0 saturated carbocycles. The molecule has 5 nitrogen and oxygen atoms in total. The van der Waals surface area contributed by atoms with Gasteiger partial charge in [-0.05, 0) is 43.0 Å². The number of carbonyl (C=O) groups excluding carboxylic acids is 1. The van der Waals surface area contributed by atoms with Crippen LogP contribution >= 0.6 is 11.3 Å². The highest BCUT2D eigenvalue weighted by Crippen LogP contribution is 2.37. The lowest BCUT2D eigenvalue weighted by Gasteiger charge is -2.49. The van der Waals surface area contributed by atoms with Crippen molar-refractivity contribution in [2.75, 3.05) is 52.4 Å². The standard InChI is InChI=1S/C22H35N3O2S/c1-18(2)16-23-9-11-24(12-10-23)20-3-13-27-22(15-20)5-7-25(8-6-22)21(26)19-4-14-28-17-19/h4,14,17-18,20H,3,5-13,15-16H2,1-2H3/t20-/m0/s1. The Morgan fingerprint density at radius 2 is 1.96 bits per heavy atom. The van der Waals surface area contributed by atoms with Crippen molar-refractivity contribution < 1.29 is 9.53 Å². The number of amides is 1. The minimum atomic E-state index is -0.0105. The summed E-state index contributed by atoms with van der Waals surface area (Å²) in [4.78, 5) is 20.0. The molecule has 0 aliphatic carbocycles. The SMILES string of the molecule is CC(C)CN1CCN([C@H]2CCOC3(CCN(C(=O)c4ccsc4)CC3)C2)CC1. The molecule has 4 rings (SSSR count). The van der Waals surface area contributed by atoms with E-state index in [2.05, 4.69) is 23.6 Å². The summed E-state index contributed by atoms with van der Waals surface area (Å²) in [7, 11) is 0. The smallest absolute Gasteiger partial charge is 0.254 e. The van der Waals surface area contributed by atoms with Gasteiger partial charge in [-0.25, -0.2) is 0 Å². The molecule has 3 aliphatic heterocycles. The molecule has 3 fully saturated rings. The van der Waals surface area contributed by atoms with Crippen LogP contribution in [0.1, 0.15) is 49.9 Å². The van der Waals surface area contributed by atoms with Gasteiger partial charge in [0.15, 0.2) is 0 Å². The van der Waals surface area contributed by atoms with Crippen LogP contribution in [0.4, 0.5) is 0 Å². The van der Waals surface area contributed by atoms with E-state index in [0.29, 0.717) is 6.04 Å². The number of likely N-dealkylation sites (tertiary alicyclic amines) is 1. The zero-order valence-electron chi connectivity index (χ0n) is 17.4.